The smallest absolute Gasteiger partial charge is 0.275 e. The fourth-order valence-electron chi connectivity index (χ4n) is 4.12. The number of aromatic nitrogens is 1. The molecule has 1 aliphatic carbocycles. The maximum absolute atomic E-state index is 12.6. The molecule has 1 saturated heterocycles. The lowest BCUT2D eigenvalue weighted by Gasteiger charge is -2.40. The molecule has 5 heteroatoms. The Kier molecular flexibility index (Phi) is 1.99. The molecule has 2 fully saturated rings. The van der Waals surface area contributed by atoms with Crippen molar-refractivity contribution in [3.63, 3.8) is 0 Å². The molecule has 1 saturated carbocycles. The summed E-state index contributed by atoms with van der Waals surface area (Å²) in [7, 11) is 0. The minimum Gasteiger partial charge on any atom is -0.503 e. The zero-order valence-electron chi connectivity index (χ0n) is 10.8. The second kappa shape index (κ2) is 3.40. The zero-order chi connectivity index (χ0) is 13.3. The molecule has 2 aliphatic heterocycles. The molecule has 0 spiro atoms. The Morgan fingerprint density at radius 1 is 1.32 bits per heavy atom. The second-order valence-electron chi connectivity index (χ2n) is 6.00. The zero-order valence-corrected chi connectivity index (χ0v) is 10.8. The fraction of sp³-hybridized carbons (Fsp3) is 0.571. The lowest BCUT2D eigenvalue weighted by Crippen LogP contribution is -2.52. The van der Waals surface area contributed by atoms with Gasteiger partial charge < -0.3 is 14.6 Å². The van der Waals surface area contributed by atoms with Crippen molar-refractivity contribution >= 4 is 5.91 Å². The standard InChI is InChI=1S/C14H16N2O3/c1-7-5-15-6-10-8-2-3-9(4-8)16(10)14(19)11(15)13(18)12(7)17/h5,8-10,18H,2-4,6H2,1H3/t8-,9+,10+/m0/s1. The molecule has 1 aromatic rings. The number of rotatable bonds is 0. The number of nitrogens with zero attached hydrogens (tertiary/aromatic N) is 2. The van der Waals surface area contributed by atoms with Crippen molar-refractivity contribution in [2.75, 3.05) is 0 Å². The van der Waals surface area contributed by atoms with Crippen LogP contribution in [0.4, 0.5) is 0 Å². The summed E-state index contributed by atoms with van der Waals surface area (Å²) in [5.41, 5.74) is 0.243. The van der Waals surface area contributed by atoms with Crippen LogP contribution in [-0.4, -0.2) is 32.6 Å². The SMILES string of the molecule is Cc1cn2c(c(O)c1=O)C(=O)N1[C@@H]3CC[C@@H](C3)[C@H]1C2. The average molecular weight is 260 g/mol. The minimum atomic E-state index is -0.428. The highest BCUT2D eigenvalue weighted by atomic mass is 16.3. The number of hydrogen-bond acceptors (Lipinski definition) is 3. The first kappa shape index (κ1) is 11.1. The van der Waals surface area contributed by atoms with E-state index in [4.69, 9.17) is 0 Å². The van der Waals surface area contributed by atoms with Crippen molar-refractivity contribution in [3.8, 4) is 5.75 Å². The van der Waals surface area contributed by atoms with Crippen LogP contribution in [0.15, 0.2) is 11.0 Å². The second-order valence-corrected chi connectivity index (χ2v) is 6.00. The topological polar surface area (TPSA) is 62.5 Å². The molecule has 0 radical (unpaired) electrons. The van der Waals surface area contributed by atoms with E-state index in [9.17, 15) is 14.7 Å². The maximum Gasteiger partial charge on any atom is 0.275 e. The Bertz CT molecular complexity index is 649. The van der Waals surface area contributed by atoms with Crippen LogP contribution in [0.1, 0.15) is 35.3 Å². The maximum atomic E-state index is 12.6. The molecule has 0 aromatic carbocycles. The summed E-state index contributed by atoms with van der Waals surface area (Å²) >= 11 is 0. The van der Waals surface area contributed by atoms with Gasteiger partial charge in [0, 0.05) is 24.3 Å². The molecule has 3 heterocycles. The Hall–Kier alpha value is -1.78. The molecule has 1 N–H and O–H groups in total. The highest BCUT2D eigenvalue weighted by molar-refractivity contribution is 5.96. The summed E-state index contributed by atoms with van der Waals surface area (Å²) in [6, 6.07) is 0.562. The molecule has 1 amide bonds. The van der Waals surface area contributed by atoms with Gasteiger partial charge in [0.1, 0.15) is 0 Å². The van der Waals surface area contributed by atoms with E-state index in [2.05, 4.69) is 0 Å². The van der Waals surface area contributed by atoms with Crippen molar-refractivity contribution in [2.24, 2.45) is 5.92 Å². The van der Waals surface area contributed by atoms with Crippen molar-refractivity contribution in [1.82, 2.24) is 9.47 Å². The predicted molar refractivity (Wildman–Crippen MR) is 68.2 cm³/mol. The van der Waals surface area contributed by atoms with Gasteiger partial charge in [0.25, 0.3) is 5.91 Å². The summed E-state index contributed by atoms with van der Waals surface area (Å²) in [5.74, 6) is 0.0354. The summed E-state index contributed by atoms with van der Waals surface area (Å²) in [6.07, 6.45) is 5.04. The predicted octanol–water partition coefficient (Wildman–Crippen LogP) is 0.869. The monoisotopic (exact) mass is 260 g/mol. The van der Waals surface area contributed by atoms with Crippen LogP contribution >= 0.6 is 0 Å². The van der Waals surface area contributed by atoms with Gasteiger partial charge in [-0.1, -0.05) is 0 Å². The summed E-state index contributed by atoms with van der Waals surface area (Å²) in [5, 5.41) is 10.0. The molecule has 0 unspecified atom stereocenters. The van der Waals surface area contributed by atoms with Crippen LogP contribution in [0.2, 0.25) is 0 Å². The van der Waals surface area contributed by atoms with E-state index in [1.54, 1.807) is 17.7 Å². The van der Waals surface area contributed by atoms with E-state index in [1.807, 2.05) is 4.90 Å². The minimum absolute atomic E-state index is 0.168. The number of aryl methyl sites for hydroxylation is 1. The number of pyridine rings is 1. The average Bonchev–Trinajstić information content (AvgIpc) is 2.97. The highest BCUT2D eigenvalue weighted by Gasteiger charge is 2.51. The molecule has 100 valence electrons. The van der Waals surface area contributed by atoms with Gasteiger partial charge in [-0.3, -0.25) is 9.59 Å². The van der Waals surface area contributed by atoms with Crippen LogP contribution in [0.25, 0.3) is 0 Å². The van der Waals surface area contributed by atoms with Gasteiger partial charge in [-0.25, -0.2) is 0 Å². The van der Waals surface area contributed by atoms with E-state index in [1.165, 1.54) is 6.42 Å². The molecule has 1 aromatic heterocycles. The summed E-state index contributed by atoms with van der Waals surface area (Å²) in [6.45, 7) is 2.38. The third kappa shape index (κ3) is 1.25. The Morgan fingerprint density at radius 3 is 2.89 bits per heavy atom. The van der Waals surface area contributed by atoms with Crippen molar-refractivity contribution < 1.29 is 9.90 Å². The van der Waals surface area contributed by atoms with Crippen LogP contribution in [0, 0.1) is 12.8 Å². The number of fused-ring (bicyclic) bond motifs is 6. The Labute approximate surface area is 110 Å². The van der Waals surface area contributed by atoms with Gasteiger partial charge in [-0.05, 0) is 32.1 Å². The van der Waals surface area contributed by atoms with Gasteiger partial charge >= 0.3 is 0 Å². The molecule has 19 heavy (non-hydrogen) atoms. The first-order valence-electron chi connectivity index (χ1n) is 6.83. The summed E-state index contributed by atoms with van der Waals surface area (Å²) < 4.78 is 1.77. The van der Waals surface area contributed by atoms with Crippen LogP contribution < -0.4 is 5.43 Å². The molecule has 4 rings (SSSR count). The lowest BCUT2D eigenvalue weighted by atomic mass is 9.96. The number of hydrogen-bond donors (Lipinski definition) is 1. The van der Waals surface area contributed by atoms with E-state index in [-0.39, 0.29) is 23.4 Å². The fourth-order valence-corrected chi connectivity index (χ4v) is 4.12. The Morgan fingerprint density at radius 2 is 2.11 bits per heavy atom. The van der Waals surface area contributed by atoms with Gasteiger partial charge in [0.15, 0.2) is 11.4 Å². The van der Waals surface area contributed by atoms with Gasteiger partial charge in [-0.15, -0.1) is 0 Å². The van der Waals surface area contributed by atoms with Crippen LogP contribution in [0.3, 0.4) is 0 Å². The van der Waals surface area contributed by atoms with E-state index in [0.717, 1.165) is 12.8 Å². The lowest BCUT2D eigenvalue weighted by molar-refractivity contribution is 0.0483. The largest absolute Gasteiger partial charge is 0.503 e. The third-order valence-corrected chi connectivity index (χ3v) is 5.00. The van der Waals surface area contributed by atoms with Crippen LogP contribution in [0.5, 0.6) is 5.75 Å². The normalized spacial score (nSPS) is 31.5. The molecule has 2 bridgehead atoms. The van der Waals surface area contributed by atoms with Crippen LogP contribution in [-0.2, 0) is 6.54 Å². The van der Waals surface area contributed by atoms with Crippen molar-refractivity contribution in [3.05, 3.63) is 27.7 Å². The van der Waals surface area contributed by atoms with Crippen molar-refractivity contribution in [1.29, 1.82) is 0 Å². The molecule has 5 nitrogen and oxygen atoms in total. The van der Waals surface area contributed by atoms with E-state index in [0.29, 0.717) is 24.1 Å². The number of aromatic hydroxyl groups is 1. The van der Waals surface area contributed by atoms with Gasteiger partial charge in [-0.2, -0.15) is 0 Å². The number of carbonyl (C=O) groups excluding carboxylic acids is 1. The van der Waals surface area contributed by atoms with E-state index < -0.39 is 5.43 Å². The quantitative estimate of drug-likeness (QED) is 0.753. The number of piperidine rings is 1. The Balaban J connectivity index is 1.91. The van der Waals surface area contributed by atoms with Gasteiger partial charge in [0.2, 0.25) is 5.43 Å². The number of amides is 1. The molecule has 3 aliphatic rings. The first-order chi connectivity index (χ1) is 9.08. The molecular weight excluding hydrogens is 244 g/mol. The first-order valence-corrected chi connectivity index (χ1v) is 6.83. The highest BCUT2D eigenvalue weighted by Crippen LogP contribution is 2.45. The third-order valence-electron chi connectivity index (χ3n) is 5.00. The van der Waals surface area contributed by atoms with Crippen molar-refractivity contribution in [2.45, 2.75) is 44.8 Å². The summed E-state index contributed by atoms with van der Waals surface area (Å²) in [4.78, 5) is 26.3. The molecule has 3 atom stereocenters. The number of carbonyl (C=O) groups is 1. The molecular formula is C14H16N2O3. The van der Waals surface area contributed by atoms with E-state index >= 15 is 0 Å². The van der Waals surface area contributed by atoms with Gasteiger partial charge in [0.05, 0.1) is 6.04 Å².